The van der Waals surface area contributed by atoms with E-state index < -0.39 is 0 Å². The second-order valence-electron chi connectivity index (χ2n) is 8.66. The lowest BCUT2D eigenvalue weighted by Gasteiger charge is -2.31. The Hall–Kier alpha value is -2.71. The second kappa shape index (κ2) is 11.6. The summed E-state index contributed by atoms with van der Waals surface area (Å²) in [5.74, 6) is 0.664. The van der Waals surface area contributed by atoms with E-state index in [9.17, 15) is 0 Å². The van der Waals surface area contributed by atoms with Gasteiger partial charge in [0.25, 0.3) is 0 Å². The maximum absolute atomic E-state index is 4.21. The van der Waals surface area contributed by atoms with Crippen molar-refractivity contribution < 1.29 is 0 Å². The van der Waals surface area contributed by atoms with E-state index in [1.54, 1.807) is 0 Å². The van der Waals surface area contributed by atoms with Crippen LogP contribution < -0.4 is 0 Å². The van der Waals surface area contributed by atoms with Crippen molar-refractivity contribution in [3.8, 4) is 0 Å². The summed E-state index contributed by atoms with van der Waals surface area (Å²) < 4.78 is 0. The van der Waals surface area contributed by atoms with Crippen LogP contribution in [0.2, 0.25) is 0 Å². The lowest BCUT2D eigenvalue weighted by Crippen LogP contribution is -2.34. The molecule has 0 unspecified atom stereocenters. The molecular formula is C29H34N2. The summed E-state index contributed by atoms with van der Waals surface area (Å²) in [4.78, 5) is 6.88. The average molecular weight is 411 g/mol. The minimum Gasteiger partial charge on any atom is -0.303 e. The molecule has 1 aliphatic rings. The first-order valence-electron chi connectivity index (χ1n) is 11.8. The number of pyridine rings is 1. The van der Waals surface area contributed by atoms with Crippen molar-refractivity contribution in [2.45, 2.75) is 38.5 Å². The summed E-state index contributed by atoms with van der Waals surface area (Å²) in [7, 11) is 0. The van der Waals surface area contributed by atoms with Gasteiger partial charge in [0.15, 0.2) is 0 Å². The van der Waals surface area contributed by atoms with Gasteiger partial charge in [-0.25, -0.2) is 0 Å². The molecule has 0 N–H and O–H groups in total. The lowest BCUT2D eigenvalue weighted by molar-refractivity contribution is 0.200. The van der Waals surface area contributed by atoms with Crippen molar-refractivity contribution in [1.29, 1.82) is 0 Å². The Kier molecular flexibility index (Phi) is 8.07. The van der Waals surface area contributed by atoms with Gasteiger partial charge >= 0.3 is 0 Å². The summed E-state index contributed by atoms with van der Waals surface area (Å²) in [5, 5.41) is 0. The topological polar surface area (TPSA) is 16.1 Å². The number of rotatable bonds is 9. The van der Waals surface area contributed by atoms with Crippen LogP contribution in [0.5, 0.6) is 0 Å². The highest BCUT2D eigenvalue weighted by atomic mass is 15.1. The zero-order valence-electron chi connectivity index (χ0n) is 18.5. The average Bonchev–Trinajstić information content (AvgIpc) is 2.85. The molecule has 2 heteroatoms. The molecule has 0 bridgehead atoms. The smallest absolute Gasteiger partial charge is 0.0299 e. The van der Waals surface area contributed by atoms with Crippen molar-refractivity contribution in [2.75, 3.05) is 19.6 Å². The zero-order chi connectivity index (χ0) is 21.1. The minimum absolute atomic E-state index is 0.664. The fourth-order valence-electron chi connectivity index (χ4n) is 4.56. The molecule has 2 nitrogen and oxygen atoms in total. The molecule has 1 saturated heterocycles. The Bertz CT molecular complexity index is 869. The number of likely N-dealkylation sites (tertiary alicyclic amines) is 1. The number of piperidine rings is 1. The van der Waals surface area contributed by atoms with E-state index in [0.29, 0.717) is 5.92 Å². The summed E-state index contributed by atoms with van der Waals surface area (Å²) in [6, 6.07) is 25.9. The number of hydrogen-bond acceptors (Lipinski definition) is 2. The van der Waals surface area contributed by atoms with Gasteiger partial charge < -0.3 is 4.90 Å². The molecule has 31 heavy (non-hydrogen) atoms. The van der Waals surface area contributed by atoms with E-state index in [-0.39, 0.29) is 0 Å². The van der Waals surface area contributed by atoms with Crippen LogP contribution in [0.3, 0.4) is 0 Å². The quantitative estimate of drug-likeness (QED) is 0.368. The van der Waals surface area contributed by atoms with Crippen molar-refractivity contribution in [2.24, 2.45) is 5.92 Å². The number of allylic oxidation sites excluding steroid dienone is 1. The number of aryl methyl sites for hydroxylation is 1. The SMILES string of the molecule is C(=C(c1ccccc1)c1ccccc1)C1CCN(CCCCCc2cccnc2)CC1. The Balaban J connectivity index is 1.26. The van der Waals surface area contributed by atoms with Gasteiger partial charge in [0, 0.05) is 12.4 Å². The van der Waals surface area contributed by atoms with Gasteiger partial charge in [-0.3, -0.25) is 4.98 Å². The highest BCUT2D eigenvalue weighted by Crippen LogP contribution is 2.28. The molecule has 1 aromatic heterocycles. The molecule has 160 valence electrons. The molecule has 0 atom stereocenters. The largest absolute Gasteiger partial charge is 0.303 e. The first-order chi connectivity index (χ1) is 15.4. The fourth-order valence-corrected chi connectivity index (χ4v) is 4.56. The maximum Gasteiger partial charge on any atom is 0.0299 e. The van der Waals surface area contributed by atoms with Crippen LogP contribution in [0.4, 0.5) is 0 Å². The number of aromatic nitrogens is 1. The molecular weight excluding hydrogens is 376 g/mol. The van der Waals surface area contributed by atoms with E-state index in [0.717, 1.165) is 6.42 Å². The van der Waals surface area contributed by atoms with Crippen LogP contribution in [0, 0.1) is 5.92 Å². The third-order valence-corrected chi connectivity index (χ3v) is 6.37. The summed E-state index contributed by atoms with van der Waals surface area (Å²) in [6.07, 6.45) is 13.9. The molecule has 2 heterocycles. The molecule has 0 amide bonds. The van der Waals surface area contributed by atoms with Crippen LogP contribution in [0.1, 0.15) is 48.8 Å². The molecule has 0 saturated carbocycles. The number of hydrogen-bond donors (Lipinski definition) is 0. The molecule has 1 aliphatic heterocycles. The Labute approximate surface area is 187 Å². The van der Waals surface area contributed by atoms with Crippen LogP contribution in [-0.4, -0.2) is 29.5 Å². The van der Waals surface area contributed by atoms with Crippen LogP contribution in [-0.2, 0) is 6.42 Å². The number of unbranched alkanes of at least 4 members (excludes halogenated alkanes) is 2. The first-order valence-corrected chi connectivity index (χ1v) is 11.8. The van der Waals surface area contributed by atoms with Gasteiger partial charge in [-0.15, -0.1) is 0 Å². The van der Waals surface area contributed by atoms with Crippen LogP contribution in [0.15, 0.2) is 91.3 Å². The summed E-state index contributed by atoms with van der Waals surface area (Å²) >= 11 is 0. The van der Waals surface area contributed by atoms with Gasteiger partial charge in [-0.1, -0.05) is 79.2 Å². The molecule has 3 aromatic rings. The van der Waals surface area contributed by atoms with Crippen molar-refractivity contribution in [3.63, 3.8) is 0 Å². The van der Waals surface area contributed by atoms with Gasteiger partial charge in [0.1, 0.15) is 0 Å². The predicted molar refractivity (Wildman–Crippen MR) is 131 cm³/mol. The molecule has 0 aliphatic carbocycles. The van der Waals surface area contributed by atoms with Gasteiger partial charge in [0.05, 0.1) is 0 Å². The van der Waals surface area contributed by atoms with Crippen LogP contribution >= 0.6 is 0 Å². The summed E-state index contributed by atoms with van der Waals surface area (Å²) in [5.41, 5.74) is 5.40. The molecule has 0 spiro atoms. The molecule has 1 fully saturated rings. The Morgan fingerprint density at radius 1 is 0.806 bits per heavy atom. The Morgan fingerprint density at radius 2 is 1.48 bits per heavy atom. The molecule has 4 rings (SSSR count). The zero-order valence-corrected chi connectivity index (χ0v) is 18.5. The van der Waals surface area contributed by atoms with Gasteiger partial charge in [-0.2, -0.15) is 0 Å². The third kappa shape index (κ3) is 6.63. The van der Waals surface area contributed by atoms with E-state index in [4.69, 9.17) is 0 Å². The Morgan fingerprint density at radius 3 is 2.10 bits per heavy atom. The van der Waals surface area contributed by atoms with E-state index in [2.05, 4.69) is 82.7 Å². The van der Waals surface area contributed by atoms with Crippen molar-refractivity contribution >= 4 is 5.57 Å². The lowest BCUT2D eigenvalue weighted by atomic mass is 9.89. The second-order valence-corrected chi connectivity index (χ2v) is 8.66. The normalized spacial score (nSPS) is 15.0. The van der Waals surface area contributed by atoms with Crippen molar-refractivity contribution in [1.82, 2.24) is 9.88 Å². The molecule has 2 aromatic carbocycles. The minimum atomic E-state index is 0.664. The van der Waals surface area contributed by atoms with E-state index in [1.165, 1.54) is 74.0 Å². The summed E-state index contributed by atoms with van der Waals surface area (Å²) in [6.45, 7) is 3.69. The van der Waals surface area contributed by atoms with Crippen molar-refractivity contribution in [3.05, 3.63) is 108 Å². The highest BCUT2D eigenvalue weighted by Gasteiger charge is 2.18. The van der Waals surface area contributed by atoms with E-state index >= 15 is 0 Å². The highest BCUT2D eigenvalue weighted by molar-refractivity contribution is 5.79. The monoisotopic (exact) mass is 410 g/mol. The fraction of sp³-hybridized carbons (Fsp3) is 0.345. The third-order valence-electron chi connectivity index (χ3n) is 6.37. The standard InChI is InChI=1S/C29H34N2/c1-5-13-27(14-6-1)29(28-15-7-2-8-16-28)23-25-17-21-31(22-18-25)20-9-3-4-11-26-12-10-19-30-24-26/h1-2,5-8,10,12-16,19,23-25H,3-4,9,11,17-18,20-22H2. The van der Waals surface area contributed by atoms with Crippen LogP contribution in [0.25, 0.3) is 5.57 Å². The van der Waals surface area contributed by atoms with E-state index in [1.807, 2.05) is 18.5 Å². The molecule has 0 radical (unpaired) electrons. The first kappa shape index (κ1) is 21.5. The van der Waals surface area contributed by atoms with Gasteiger partial charge in [0.2, 0.25) is 0 Å². The number of nitrogens with zero attached hydrogens (tertiary/aromatic N) is 2. The number of benzene rings is 2. The maximum atomic E-state index is 4.21. The predicted octanol–water partition coefficient (Wildman–Crippen LogP) is 6.64. The van der Waals surface area contributed by atoms with Gasteiger partial charge in [-0.05, 0) is 86.0 Å².